The molecule has 0 heterocycles. The van der Waals surface area contributed by atoms with E-state index in [0.717, 1.165) is 35.6 Å². The third kappa shape index (κ3) is 4.43. The smallest absolute Gasteiger partial charge is 0.321 e. The highest BCUT2D eigenvalue weighted by Crippen LogP contribution is 2.55. The van der Waals surface area contributed by atoms with Crippen molar-refractivity contribution in [2.75, 3.05) is 6.61 Å². The fourth-order valence-corrected chi connectivity index (χ4v) is 6.41. The third-order valence-corrected chi connectivity index (χ3v) is 7.20. The van der Waals surface area contributed by atoms with E-state index < -0.39 is 24.5 Å². The summed E-state index contributed by atoms with van der Waals surface area (Å²) in [6.45, 7) is -0.458. The van der Waals surface area contributed by atoms with Crippen molar-refractivity contribution < 1.29 is 19.1 Å². The normalized spacial score (nSPS) is 28.3. The molecule has 2 aromatic rings. The average Bonchev–Trinajstić information content (AvgIpc) is 2.70. The molecule has 4 bridgehead atoms. The Labute approximate surface area is 181 Å². The van der Waals surface area contributed by atoms with Gasteiger partial charge in [-0.15, -0.1) is 0 Å². The maximum absolute atomic E-state index is 12.4. The number of nitrogens with one attached hydrogen (secondary N) is 2. The summed E-state index contributed by atoms with van der Waals surface area (Å²) in [5.41, 5.74) is 0.662. The van der Waals surface area contributed by atoms with Gasteiger partial charge in [-0.25, -0.2) is 4.79 Å². The van der Waals surface area contributed by atoms with Crippen molar-refractivity contribution in [3.63, 3.8) is 0 Å². The van der Waals surface area contributed by atoms with Crippen LogP contribution in [0.25, 0.3) is 10.8 Å². The first-order valence-corrected chi connectivity index (χ1v) is 11.2. The maximum atomic E-state index is 12.4. The van der Waals surface area contributed by atoms with Gasteiger partial charge in [0.05, 0.1) is 6.42 Å². The van der Waals surface area contributed by atoms with Crippen LogP contribution in [0.5, 0.6) is 0 Å². The topological polar surface area (TPSA) is 84.5 Å². The molecule has 0 aromatic heterocycles. The zero-order valence-electron chi connectivity index (χ0n) is 17.6. The Morgan fingerprint density at radius 3 is 2.23 bits per heavy atom. The Morgan fingerprint density at radius 2 is 1.55 bits per heavy atom. The van der Waals surface area contributed by atoms with Crippen LogP contribution in [0.2, 0.25) is 0 Å². The van der Waals surface area contributed by atoms with Crippen molar-refractivity contribution in [3.8, 4) is 0 Å². The highest BCUT2D eigenvalue weighted by molar-refractivity contribution is 5.96. The molecule has 2 aromatic carbocycles. The summed E-state index contributed by atoms with van der Waals surface area (Å²) in [6.07, 6.45) is 6.99. The fraction of sp³-hybridized carbons (Fsp3) is 0.480. The van der Waals surface area contributed by atoms with Gasteiger partial charge in [0.1, 0.15) is 0 Å². The minimum atomic E-state index is -0.603. The van der Waals surface area contributed by atoms with Crippen LogP contribution >= 0.6 is 0 Å². The molecule has 6 rings (SSSR count). The molecule has 162 valence electrons. The summed E-state index contributed by atoms with van der Waals surface area (Å²) in [4.78, 5) is 36.7. The number of imide groups is 1. The van der Waals surface area contributed by atoms with E-state index in [2.05, 4.69) is 10.6 Å². The van der Waals surface area contributed by atoms with Crippen LogP contribution in [-0.4, -0.2) is 30.1 Å². The molecule has 6 heteroatoms. The molecule has 0 radical (unpaired) electrons. The highest BCUT2D eigenvalue weighted by Gasteiger charge is 2.51. The summed E-state index contributed by atoms with van der Waals surface area (Å²) in [6, 6.07) is 13.2. The molecule has 6 nitrogen and oxygen atoms in total. The molecule has 4 aliphatic rings. The molecule has 0 atom stereocenters. The largest absolute Gasteiger partial charge is 0.455 e. The Hall–Kier alpha value is -2.89. The molecule has 31 heavy (non-hydrogen) atoms. The standard InChI is InChI=1S/C25H28N2O4/c28-22(15-31-23(29)11-16-5-6-20-3-1-2-4-21(20)10-16)26-24(30)27-25-12-17-7-18(13-25)9-19(8-17)14-25/h1-6,10,17-19H,7-9,11-15H2,(H2,26,27,28,30). The summed E-state index contributed by atoms with van der Waals surface area (Å²) in [5.74, 6) is 1.02. The molecule has 2 N–H and O–H groups in total. The van der Waals surface area contributed by atoms with E-state index in [1.54, 1.807) is 0 Å². The Morgan fingerprint density at radius 1 is 0.903 bits per heavy atom. The van der Waals surface area contributed by atoms with Gasteiger partial charge >= 0.3 is 12.0 Å². The summed E-state index contributed by atoms with van der Waals surface area (Å²) in [7, 11) is 0. The first-order chi connectivity index (χ1) is 15.0. The molecule has 0 spiro atoms. The average molecular weight is 421 g/mol. The lowest BCUT2D eigenvalue weighted by atomic mass is 9.53. The Balaban J connectivity index is 1.09. The maximum Gasteiger partial charge on any atom is 0.321 e. The number of ether oxygens (including phenoxy) is 1. The van der Waals surface area contributed by atoms with E-state index in [1.165, 1.54) is 19.3 Å². The number of fused-ring (bicyclic) bond motifs is 1. The van der Waals surface area contributed by atoms with Gasteiger partial charge in [0, 0.05) is 5.54 Å². The van der Waals surface area contributed by atoms with Gasteiger partial charge in [0.25, 0.3) is 5.91 Å². The van der Waals surface area contributed by atoms with Gasteiger partial charge in [-0.05, 0) is 72.6 Å². The van der Waals surface area contributed by atoms with Crippen molar-refractivity contribution in [2.24, 2.45) is 17.8 Å². The SMILES string of the molecule is O=C(COC(=O)Cc1ccc2ccccc2c1)NC(=O)NC12CC3CC(CC(C3)C1)C2. The van der Waals surface area contributed by atoms with Crippen molar-refractivity contribution in [2.45, 2.75) is 50.5 Å². The number of amides is 3. The minimum Gasteiger partial charge on any atom is -0.455 e. The molecule has 0 unspecified atom stereocenters. The van der Waals surface area contributed by atoms with Crippen LogP contribution in [-0.2, 0) is 20.7 Å². The van der Waals surface area contributed by atoms with Crippen LogP contribution in [0.15, 0.2) is 42.5 Å². The summed E-state index contributed by atoms with van der Waals surface area (Å²) in [5, 5.41) is 7.57. The second-order valence-electron chi connectivity index (χ2n) is 9.72. The lowest BCUT2D eigenvalue weighted by molar-refractivity contribution is -0.147. The van der Waals surface area contributed by atoms with Crippen LogP contribution in [0, 0.1) is 17.8 Å². The minimum absolute atomic E-state index is 0.0809. The highest BCUT2D eigenvalue weighted by atomic mass is 16.5. The number of benzene rings is 2. The predicted molar refractivity (Wildman–Crippen MR) is 116 cm³/mol. The Bertz CT molecular complexity index is 996. The van der Waals surface area contributed by atoms with Crippen molar-refractivity contribution in [1.29, 1.82) is 0 Å². The molecule has 0 aliphatic heterocycles. The summed E-state index contributed by atoms with van der Waals surface area (Å²) < 4.78 is 5.08. The van der Waals surface area contributed by atoms with E-state index >= 15 is 0 Å². The van der Waals surface area contributed by atoms with Crippen LogP contribution < -0.4 is 10.6 Å². The number of hydrogen-bond acceptors (Lipinski definition) is 4. The van der Waals surface area contributed by atoms with Crippen molar-refractivity contribution >= 4 is 28.7 Å². The zero-order chi connectivity index (χ0) is 21.4. The third-order valence-electron chi connectivity index (χ3n) is 7.20. The van der Waals surface area contributed by atoms with E-state index in [-0.39, 0.29) is 12.0 Å². The summed E-state index contributed by atoms with van der Waals surface area (Å²) >= 11 is 0. The molecule has 3 amide bonds. The quantitative estimate of drug-likeness (QED) is 0.722. The number of carbonyl (C=O) groups is 3. The molecule has 4 fully saturated rings. The second kappa shape index (κ2) is 7.98. The van der Waals surface area contributed by atoms with Gasteiger partial charge in [-0.2, -0.15) is 0 Å². The van der Waals surface area contributed by atoms with Gasteiger partial charge in [0.2, 0.25) is 0 Å². The van der Waals surface area contributed by atoms with Gasteiger partial charge in [-0.3, -0.25) is 14.9 Å². The number of esters is 1. The van der Waals surface area contributed by atoms with Crippen molar-refractivity contribution in [1.82, 2.24) is 10.6 Å². The van der Waals surface area contributed by atoms with E-state index in [0.29, 0.717) is 17.8 Å². The van der Waals surface area contributed by atoms with Gasteiger partial charge < -0.3 is 10.1 Å². The zero-order valence-corrected chi connectivity index (χ0v) is 17.6. The second-order valence-corrected chi connectivity index (χ2v) is 9.72. The number of hydrogen-bond donors (Lipinski definition) is 2. The fourth-order valence-electron chi connectivity index (χ4n) is 6.41. The molecular weight excluding hydrogens is 392 g/mol. The van der Waals surface area contributed by atoms with Gasteiger partial charge in [0.15, 0.2) is 6.61 Å². The number of rotatable bonds is 5. The Kier molecular flexibility index (Phi) is 5.16. The number of carbonyl (C=O) groups excluding carboxylic acids is 3. The molecule has 4 saturated carbocycles. The van der Waals surface area contributed by atoms with E-state index in [9.17, 15) is 14.4 Å². The van der Waals surface area contributed by atoms with Crippen LogP contribution in [0.3, 0.4) is 0 Å². The van der Waals surface area contributed by atoms with Gasteiger partial charge in [-0.1, -0.05) is 42.5 Å². The lowest BCUT2D eigenvalue weighted by Gasteiger charge is -2.56. The predicted octanol–water partition coefficient (Wildman–Crippen LogP) is 3.72. The van der Waals surface area contributed by atoms with Crippen LogP contribution in [0.1, 0.15) is 44.1 Å². The van der Waals surface area contributed by atoms with E-state index in [4.69, 9.17) is 4.74 Å². The monoisotopic (exact) mass is 420 g/mol. The first-order valence-electron chi connectivity index (χ1n) is 11.2. The van der Waals surface area contributed by atoms with Crippen molar-refractivity contribution in [3.05, 3.63) is 48.0 Å². The molecule has 4 aliphatic carbocycles. The van der Waals surface area contributed by atoms with Crippen LogP contribution in [0.4, 0.5) is 4.79 Å². The van der Waals surface area contributed by atoms with E-state index in [1.807, 2.05) is 42.5 Å². The molecule has 0 saturated heterocycles. The molecular formula is C25H28N2O4. The number of urea groups is 1. The first kappa shape index (κ1) is 20.0. The lowest BCUT2D eigenvalue weighted by Crippen LogP contribution is -2.62.